The Kier molecular flexibility index (Phi) is 5.92. The van der Waals surface area contributed by atoms with Crippen LogP contribution in [0.25, 0.3) is 0 Å². The highest BCUT2D eigenvalue weighted by Gasteiger charge is 2.30. The SMILES string of the molecule is CCC(NC)C(O)C(O)C(C)C(C)=O. The quantitative estimate of drug-likeness (QED) is 0.565. The van der Waals surface area contributed by atoms with Gasteiger partial charge in [-0.15, -0.1) is 0 Å². The number of rotatable bonds is 6. The molecule has 0 rings (SSSR count). The van der Waals surface area contributed by atoms with Crippen molar-refractivity contribution in [2.24, 2.45) is 5.92 Å². The van der Waals surface area contributed by atoms with Crippen LogP contribution >= 0.6 is 0 Å². The third-order valence-corrected chi connectivity index (χ3v) is 2.73. The van der Waals surface area contributed by atoms with Gasteiger partial charge < -0.3 is 15.5 Å². The molecular formula is C10H21NO3. The van der Waals surface area contributed by atoms with Gasteiger partial charge >= 0.3 is 0 Å². The number of aliphatic hydroxyl groups excluding tert-OH is 2. The molecule has 4 nitrogen and oxygen atoms in total. The van der Waals surface area contributed by atoms with Gasteiger partial charge in [0.2, 0.25) is 0 Å². The molecule has 0 radical (unpaired) electrons. The fourth-order valence-electron chi connectivity index (χ4n) is 1.39. The van der Waals surface area contributed by atoms with Crippen LogP contribution in [0.3, 0.4) is 0 Å². The Labute approximate surface area is 85.3 Å². The summed E-state index contributed by atoms with van der Waals surface area (Å²) in [5.41, 5.74) is 0. The lowest BCUT2D eigenvalue weighted by molar-refractivity contribution is -0.127. The van der Waals surface area contributed by atoms with Crippen LogP contribution in [0.1, 0.15) is 27.2 Å². The van der Waals surface area contributed by atoms with E-state index < -0.39 is 18.1 Å². The third kappa shape index (κ3) is 3.36. The molecule has 14 heavy (non-hydrogen) atoms. The Morgan fingerprint density at radius 1 is 1.36 bits per heavy atom. The minimum absolute atomic E-state index is 0.109. The van der Waals surface area contributed by atoms with Crippen molar-refractivity contribution in [2.45, 2.75) is 45.4 Å². The highest BCUT2D eigenvalue weighted by Crippen LogP contribution is 2.12. The zero-order chi connectivity index (χ0) is 11.3. The van der Waals surface area contributed by atoms with Gasteiger partial charge in [0.05, 0.1) is 12.2 Å². The van der Waals surface area contributed by atoms with Crippen molar-refractivity contribution in [2.75, 3.05) is 7.05 Å². The van der Waals surface area contributed by atoms with Crippen LogP contribution in [-0.4, -0.2) is 41.3 Å². The van der Waals surface area contributed by atoms with Gasteiger partial charge in [-0.25, -0.2) is 0 Å². The fraction of sp³-hybridized carbons (Fsp3) is 0.900. The number of likely N-dealkylation sites (N-methyl/N-ethyl adjacent to an activating group) is 1. The summed E-state index contributed by atoms with van der Waals surface area (Å²) in [6.45, 7) is 4.95. The molecule has 0 aromatic carbocycles. The van der Waals surface area contributed by atoms with Crippen LogP contribution in [0, 0.1) is 5.92 Å². The molecule has 4 atom stereocenters. The Morgan fingerprint density at radius 3 is 2.14 bits per heavy atom. The van der Waals surface area contributed by atoms with E-state index >= 15 is 0 Å². The van der Waals surface area contributed by atoms with E-state index in [1.54, 1.807) is 14.0 Å². The Morgan fingerprint density at radius 2 is 1.86 bits per heavy atom. The monoisotopic (exact) mass is 203 g/mol. The van der Waals surface area contributed by atoms with E-state index in [9.17, 15) is 15.0 Å². The lowest BCUT2D eigenvalue weighted by atomic mass is 9.91. The third-order valence-electron chi connectivity index (χ3n) is 2.73. The van der Waals surface area contributed by atoms with E-state index in [1.165, 1.54) is 6.92 Å². The fourth-order valence-corrected chi connectivity index (χ4v) is 1.39. The molecule has 0 saturated carbocycles. The molecule has 0 spiro atoms. The Balaban J connectivity index is 4.35. The van der Waals surface area contributed by atoms with Crippen LogP contribution in [0.15, 0.2) is 0 Å². The summed E-state index contributed by atoms with van der Waals surface area (Å²) >= 11 is 0. The first-order chi connectivity index (χ1) is 6.45. The van der Waals surface area contributed by atoms with Crippen molar-refractivity contribution in [3.63, 3.8) is 0 Å². The summed E-state index contributed by atoms with van der Waals surface area (Å²) in [6, 6.07) is -0.174. The second kappa shape index (κ2) is 6.11. The first-order valence-corrected chi connectivity index (χ1v) is 4.99. The molecule has 4 heteroatoms. The number of carbonyl (C=O) groups excluding carboxylic acids is 1. The van der Waals surface area contributed by atoms with Crippen molar-refractivity contribution in [3.05, 3.63) is 0 Å². The van der Waals surface area contributed by atoms with Gasteiger partial charge in [0.15, 0.2) is 0 Å². The van der Waals surface area contributed by atoms with Crippen molar-refractivity contribution in [3.8, 4) is 0 Å². The molecule has 0 aliphatic carbocycles. The average Bonchev–Trinajstić information content (AvgIpc) is 2.17. The van der Waals surface area contributed by atoms with Crippen molar-refractivity contribution in [1.29, 1.82) is 0 Å². The zero-order valence-corrected chi connectivity index (χ0v) is 9.32. The van der Waals surface area contributed by atoms with Crippen LogP contribution in [0.4, 0.5) is 0 Å². The van der Waals surface area contributed by atoms with Crippen LogP contribution in [0.5, 0.6) is 0 Å². The van der Waals surface area contributed by atoms with Gasteiger partial charge in [-0.3, -0.25) is 4.79 Å². The first-order valence-electron chi connectivity index (χ1n) is 4.99. The predicted octanol–water partition coefficient (Wildman–Crippen LogP) is -0.0687. The maximum atomic E-state index is 11.0. The number of carbonyl (C=O) groups is 1. The second-order valence-electron chi connectivity index (χ2n) is 3.68. The van der Waals surface area contributed by atoms with E-state index in [0.717, 1.165) is 0 Å². The summed E-state index contributed by atoms with van der Waals surface area (Å²) in [7, 11) is 1.72. The molecular weight excluding hydrogens is 182 g/mol. The highest BCUT2D eigenvalue weighted by atomic mass is 16.3. The van der Waals surface area contributed by atoms with Crippen LogP contribution in [-0.2, 0) is 4.79 Å². The molecule has 0 heterocycles. The summed E-state index contributed by atoms with van der Waals surface area (Å²) in [4.78, 5) is 11.0. The van der Waals surface area contributed by atoms with Gasteiger partial charge in [-0.2, -0.15) is 0 Å². The molecule has 0 bridgehead atoms. The zero-order valence-electron chi connectivity index (χ0n) is 9.32. The van der Waals surface area contributed by atoms with Gasteiger partial charge in [-0.05, 0) is 20.4 Å². The standard InChI is InChI=1S/C10H21NO3/c1-5-8(11-4)10(14)9(13)6(2)7(3)12/h6,8-11,13-14H,5H2,1-4H3. The number of hydrogen-bond donors (Lipinski definition) is 3. The first kappa shape index (κ1) is 13.5. The molecule has 0 aliphatic heterocycles. The molecule has 0 aromatic heterocycles. The Bertz CT molecular complexity index is 180. The van der Waals surface area contributed by atoms with Crippen LogP contribution in [0.2, 0.25) is 0 Å². The maximum Gasteiger partial charge on any atom is 0.135 e. The number of aliphatic hydroxyl groups is 2. The molecule has 0 aliphatic rings. The summed E-state index contributed by atoms with van der Waals surface area (Å²) in [5, 5.41) is 22.3. The smallest absolute Gasteiger partial charge is 0.135 e. The van der Waals surface area contributed by atoms with E-state index in [1.807, 2.05) is 6.92 Å². The molecule has 3 N–H and O–H groups in total. The van der Waals surface area contributed by atoms with Gasteiger partial charge in [-0.1, -0.05) is 13.8 Å². The van der Waals surface area contributed by atoms with Gasteiger partial charge in [0.25, 0.3) is 0 Å². The predicted molar refractivity (Wildman–Crippen MR) is 55.0 cm³/mol. The number of ketones is 1. The largest absolute Gasteiger partial charge is 0.390 e. The maximum absolute atomic E-state index is 11.0. The summed E-state index contributed by atoms with van der Waals surface area (Å²) in [5.74, 6) is -0.630. The molecule has 84 valence electrons. The van der Waals surface area contributed by atoms with Crippen molar-refractivity contribution < 1.29 is 15.0 Å². The normalized spacial score (nSPS) is 19.9. The highest BCUT2D eigenvalue weighted by molar-refractivity contribution is 5.78. The van der Waals surface area contributed by atoms with Gasteiger partial charge in [0.1, 0.15) is 5.78 Å². The van der Waals surface area contributed by atoms with E-state index in [2.05, 4.69) is 5.32 Å². The van der Waals surface area contributed by atoms with Crippen molar-refractivity contribution in [1.82, 2.24) is 5.32 Å². The average molecular weight is 203 g/mol. The molecule has 0 fully saturated rings. The second-order valence-corrected chi connectivity index (χ2v) is 3.68. The summed E-state index contributed by atoms with van der Waals surface area (Å²) < 4.78 is 0. The van der Waals surface area contributed by atoms with Crippen molar-refractivity contribution >= 4 is 5.78 Å². The summed E-state index contributed by atoms with van der Waals surface area (Å²) in [6.07, 6.45) is -1.19. The number of nitrogens with one attached hydrogen (secondary N) is 1. The van der Waals surface area contributed by atoms with E-state index in [4.69, 9.17) is 0 Å². The lowest BCUT2D eigenvalue weighted by Gasteiger charge is -2.28. The number of Topliss-reactive ketones (excluding diaryl/α,β-unsaturated/α-hetero) is 1. The molecule has 0 saturated heterocycles. The topological polar surface area (TPSA) is 69.6 Å². The van der Waals surface area contributed by atoms with E-state index in [0.29, 0.717) is 6.42 Å². The van der Waals surface area contributed by atoms with Gasteiger partial charge in [0, 0.05) is 12.0 Å². The minimum Gasteiger partial charge on any atom is -0.390 e. The van der Waals surface area contributed by atoms with E-state index in [-0.39, 0.29) is 11.8 Å². The Hall–Kier alpha value is -0.450. The number of hydrogen-bond acceptors (Lipinski definition) is 4. The molecule has 0 amide bonds. The minimum atomic E-state index is -0.995. The lowest BCUT2D eigenvalue weighted by Crippen LogP contribution is -2.48. The van der Waals surface area contributed by atoms with Crippen LogP contribution < -0.4 is 5.32 Å². The molecule has 0 aromatic rings. The molecule has 4 unspecified atom stereocenters.